The molecule has 0 aromatic heterocycles. The average molecular weight is 221 g/mol. The molecule has 0 aliphatic heterocycles. The molecule has 86 valence electrons. The minimum absolute atomic E-state index is 0.0415. The molecule has 1 atom stereocenters. The molecule has 16 heavy (non-hydrogen) atoms. The summed E-state index contributed by atoms with van der Waals surface area (Å²) in [7, 11) is 1.35. The Morgan fingerprint density at radius 2 is 2.06 bits per heavy atom. The first-order chi connectivity index (χ1) is 7.67. The minimum atomic E-state index is -0.295. The Hall–Kier alpha value is -1.68. The van der Waals surface area contributed by atoms with Crippen molar-refractivity contribution >= 4 is 12.3 Å². The molecular formula is C12H15NO3. The van der Waals surface area contributed by atoms with Crippen LogP contribution >= 0.6 is 0 Å². The number of hydrogen-bond acceptors (Lipinski definition) is 4. The van der Waals surface area contributed by atoms with Gasteiger partial charge in [-0.25, -0.2) is 0 Å². The van der Waals surface area contributed by atoms with Crippen molar-refractivity contribution < 1.29 is 14.3 Å². The van der Waals surface area contributed by atoms with Crippen LogP contribution in [-0.4, -0.2) is 25.9 Å². The first-order valence-electron chi connectivity index (χ1n) is 5.02. The zero-order valence-electron chi connectivity index (χ0n) is 9.40. The third-order valence-electron chi connectivity index (χ3n) is 2.35. The van der Waals surface area contributed by atoms with Gasteiger partial charge in [0.05, 0.1) is 13.7 Å². The minimum Gasteiger partial charge on any atom is -0.468 e. The van der Waals surface area contributed by atoms with Crippen molar-refractivity contribution in [3.63, 3.8) is 0 Å². The van der Waals surface area contributed by atoms with Crippen LogP contribution in [0.5, 0.6) is 0 Å². The Morgan fingerprint density at radius 3 is 2.56 bits per heavy atom. The van der Waals surface area contributed by atoms with Gasteiger partial charge in [0.2, 0.25) is 0 Å². The summed E-state index contributed by atoms with van der Waals surface area (Å²) < 4.78 is 4.53. The summed E-state index contributed by atoms with van der Waals surface area (Å²) in [5.41, 5.74) is 1.67. The fraction of sp³-hybridized carbons (Fsp3) is 0.333. The lowest BCUT2D eigenvalue weighted by Gasteiger charge is -2.13. The number of rotatable bonds is 5. The molecule has 0 amide bonds. The van der Waals surface area contributed by atoms with Crippen LogP contribution in [0.4, 0.5) is 0 Å². The Labute approximate surface area is 94.6 Å². The summed E-state index contributed by atoms with van der Waals surface area (Å²) >= 11 is 0. The van der Waals surface area contributed by atoms with Crippen molar-refractivity contribution in [2.75, 3.05) is 13.7 Å². The van der Waals surface area contributed by atoms with Crippen molar-refractivity contribution in [3.05, 3.63) is 35.4 Å². The number of hydrogen-bond donors (Lipinski definition) is 1. The molecule has 0 saturated heterocycles. The summed E-state index contributed by atoms with van der Waals surface area (Å²) in [5.74, 6) is -0.295. The number of ether oxygens (including phenoxy) is 1. The molecule has 1 N–H and O–H groups in total. The van der Waals surface area contributed by atoms with Crippen LogP contribution in [0.2, 0.25) is 0 Å². The maximum atomic E-state index is 10.9. The lowest BCUT2D eigenvalue weighted by molar-refractivity contribution is -0.139. The predicted molar refractivity (Wildman–Crippen MR) is 60.3 cm³/mol. The second-order valence-corrected chi connectivity index (χ2v) is 3.46. The number of carbonyl (C=O) groups is 2. The van der Waals surface area contributed by atoms with Gasteiger partial charge in [0.25, 0.3) is 0 Å². The number of benzene rings is 1. The van der Waals surface area contributed by atoms with E-state index in [-0.39, 0.29) is 18.6 Å². The van der Waals surface area contributed by atoms with E-state index in [1.165, 1.54) is 7.11 Å². The van der Waals surface area contributed by atoms with Gasteiger partial charge in [-0.1, -0.05) is 24.3 Å². The highest BCUT2D eigenvalue weighted by molar-refractivity contribution is 5.74. The van der Waals surface area contributed by atoms with Crippen LogP contribution in [0.3, 0.4) is 0 Å². The van der Waals surface area contributed by atoms with E-state index in [2.05, 4.69) is 10.1 Å². The van der Waals surface area contributed by atoms with Crippen molar-refractivity contribution in [3.8, 4) is 0 Å². The van der Waals surface area contributed by atoms with Crippen molar-refractivity contribution in [2.24, 2.45) is 0 Å². The van der Waals surface area contributed by atoms with Gasteiger partial charge in [-0.05, 0) is 12.5 Å². The van der Waals surface area contributed by atoms with Crippen LogP contribution < -0.4 is 5.32 Å². The maximum Gasteiger partial charge on any atom is 0.319 e. The van der Waals surface area contributed by atoms with Gasteiger partial charge in [-0.3, -0.25) is 9.59 Å². The lowest BCUT2D eigenvalue weighted by Crippen LogP contribution is -2.26. The molecule has 0 fully saturated rings. The molecule has 4 heteroatoms. The quantitative estimate of drug-likeness (QED) is 0.602. The molecule has 0 saturated carbocycles. The first-order valence-corrected chi connectivity index (χ1v) is 5.02. The monoisotopic (exact) mass is 221 g/mol. The van der Waals surface area contributed by atoms with Crippen molar-refractivity contribution in [1.29, 1.82) is 0 Å². The third-order valence-corrected chi connectivity index (χ3v) is 2.35. The molecule has 4 nitrogen and oxygen atoms in total. The van der Waals surface area contributed by atoms with Crippen LogP contribution in [0.1, 0.15) is 28.9 Å². The fourth-order valence-electron chi connectivity index (χ4n) is 1.29. The fourth-order valence-corrected chi connectivity index (χ4v) is 1.29. The van der Waals surface area contributed by atoms with E-state index in [0.29, 0.717) is 5.56 Å². The number of nitrogens with one attached hydrogen (secondary N) is 1. The second kappa shape index (κ2) is 6.02. The average Bonchev–Trinajstić information content (AvgIpc) is 2.35. The summed E-state index contributed by atoms with van der Waals surface area (Å²) in [6, 6.07) is 7.26. The number of esters is 1. The van der Waals surface area contributed by atoms with E-state index in [0.717, 1.165) is 11.8 Å². The first kappa shape index (κ1) is 12.4. The molecule has 1 rings (SSSR count). The van der Waals surface area contributed by atoms with Gasteiger partial charge in [0.15, 0.2) is 0 Å². The molecule has 1 aromatic rings. The number of carbonyl (C=O) groups excluding carboxylic acids is 2. The van der Waals surface area contributed by atoms with E-state index < -0.39 is 0 Å². The van der Waals surface area contributed by atoms with E-state index in [1.807, 2.05) is 19.1 Å². The van der Waals surface area contributed by atoms with Gasteiger partial charge >= 0.3 is 5.97 Å². The van der Waals surface area contributed by atoms with Crippen LogP contribution in [0.15, 0.2) is 24.3 Å². The van der Waals surface area contributed by atoms with E-state index in [9.17, 15) is 9.59 Å². The topological polar surface area (TPSA) is 55.4 Å². The maximum absolute atomic E-state index is 10.9. The van der Waals surface area contributed by atoms with Gasteiger partial charge in [0, 0.05) is 11.6 Å². The normalized spacial score (nSPS) is 11.9. The highest BCUT2D eigenvalue weighted by atomic mass is 16.5. The zero-order valence-corrected chi connectivity index (χ0v) is 9.40. The van der Waals surface area contributed by atoms with Gasteiger partial charge < -0.3 is 10.1 Å². The Balaban J connectivity index is 2.55. The predicted octanol–water partition coefficient (Wildman–Crippen LogP) is 1.32. The molecular weight excluding hydrogens is 206 g/mol. The van der Waals surface area contributed by atoms with Crippen LogP contribution in [0.25, 0.3) is 0 Å². The van der Waals surface area contributed by atoms with Gasteiger partial charge in [-0.15, -0.1) is 0 Å². The van der Waals surface area contributed by atoms with Gasteiger partial charge in [0.1, 0.15) is 6.29 Å². The molecule has 0 radical (unpaired) electrons. The Morgan fingerprint density at radius 1 is 1.44 bits per heavy atom. The molecule has 0 spiro atoms. The van der Waals surface area contributed by atoms with Gasteiger partial charge in [-0.2, -0.15) is 0 Å². The third kappa shape index (κ3) is 3.47. The van der Waals surface area contributed by atoms with E-state index in [1.54, 1.807) is 12.1 Å². The lowest BCUT2D eigenvalue weighted by atomic mass is 10.1. The molecule has 0 aliphatic rings. The van der Waals surface area contributed by atoms with Crippen LogP contribution in [0, 0.1) is 0 Å². The molecule has 0 heterocycles. The Kier molecular flexibility index (Phi) is 4.66. The molecule has 1 aromatic carbocycles. The summed E-state index contributed by atoms with van der Waals surface area (Å²) in [4.78, 5) is 21.4. The smallest absolute Gasteiger partial charge is 0.319 e. The van der Waals surface area contributed by atoms with Crippen LogP contribution in [-0.2, 0) is 9.53 Å². The Bertz CT molecular complexity index is 359. The highest BCUT2D eigenvalue weighted by Gasteiger charge is 2.07. The number of methoxy groups -OCH3 is 1. The zero-order chi connectivity index (χ0) is 12.0. The SMILES string of the molecule is COC(=O)CN[C@@H](C)c1ccc(C=O)cc1. The van der Waals surface area contributed by atoms with E-state index in [4.69, 9.17) is 0 Å². The largest absolute Gasteiger partial charge is 0.468 e. The molecule has 0 unspecified atom stereocenters. The highest BCUT2D eigenvalue weighted by Crippen LogP contribution is 2.12. The second-order valence-electron chi connectivity index (χ2n) is 3.46. The number of aldehydes is 1. The summed E-state index contributed by atoms with van der Waals surface area (Å²) in [6.45, 7) is 2.12. The summed E-state index contributed by atoms with van der Waals surface area (Å²) in [5, 5.41) is 3.02. The molecule has 0 bridgehead atoms. The van der Waals surface area contributed by atoms with Crippen molar-refractivity contribution in [1.82, 2.24) is 5.32 Å². The van der Waals surface area contributed by atoms with Crippen molar-refractivity contribution in [2.45, 2.75) is 13.0 Å². The van der Waals surface area contributed by atoms with E-state index >= 15 is 0 Å². The summed E-state index contributed by atoms with van der Waals surface area (Å²) in [6.07, 6.45) is 0.802. The molecule has 0 aliphatic carbocycles. The standard InChI is InChI=1S/C12H15NO3/c1-9(13-7-12(15)16-2)11-5-3-10(8-14)4-6-11/h3-6,8-9,13H,7H2,1-2H3/t9-/m0/s1.